The molecule has 0 saturated carbocycles. The molecule has 228 valence electrons. The quantitative estimate of drug-likeness (QED) is 0.202. The maximum Gasteiger partial charge on any atom is 0.416 e. The number of alkyl halides is 3. The predicted octanol–water partition coefficient (Wildman–Crippen LogP) is 5.62. The Hall–Kier alpha value is -3.71. The Balaban J connectivity index is 1.62. The van der Waals surface area contributed by atoms with Crippen molar-refractivity contribution in [3.8, 4) is 28.0 Å². The number of ether oxygens (including phenoxy) is 5. The number of pyridine rings is 1. The zero-order chi connectivity index (χ0) is 30.4. The Morgan fingerprint density at radius 2 is 1.50 bits per heavy atom. The van der Waals surface area contributed by atoms with E-state index in [1.165, 1.54) is 18.1 Å². The number of methoxy groups -OCH3 is 2. The Labute approximate surface area is 242 Å². The minimum absolute atomic E-state index is 0.0114. The number of carboxylic acid groups (broad SMARTS) is 1. The van der Waals surface area contributed by atoms with E-state index < -0.39 is 17.8 Å². The second-order valence-electron chi connectivity index (χ2n) is 9.06. The summed E-state index contributed by atoms with van der Waals surface area (Å²) in [6.07, 6.45) is -4.03. The van der Waals surface area contributed by atoms with E-state index in [1.807, 2.05) is 0 Å². The van der Waals surface area contributed by atoms with Gasteiger partial charge in [-0.1, -0.05) is 18.2 Å². The lowest BCUT2D eigenvalue weighted by atomic mass is 9.97. The number of benzene rings is 2. The maximum atomic E-state index is 13.3. The zero-order valence-electron chi connectivity index (χ0n) is 23.6. The highest BCUT2D eigenvalue weighted by molar-refractivity contribution is 5.78. The van der Waals surface area contributed by atoms with E-state index >= 15 is 0 Å². The molecule has 0 atom stereocenters. The van der Waals surface area contributed by atoms with Crippen LogP contribution in [0.5, 0.6) is 5.75 Å². The number of rotatable bonds is 17. The minimum Gasteiger partial charge on any atom is -0.496 e. The minimum atomic E-state index is -4.46. The molecule has 1 N–H and O–H groups in total. The normalized spacial score (nSPS) is 11.5. The van der Waals surface area contributed by atoms with Gasteiger partial charge in [-0.2, -0.15) is 13.2 Å². The van der Waals surface area contributed by atoms with Gasteiger partial charge >= 0.3 is 12.3 Å². The van der Waals surface area contributed by atoms with E-state index in [-0.39, 0.29) is 19.7 Å². The summed E-state index contributed by atoms with van der Waals surface area (Å²) in [4.78, 5) is 17.4. The molecule has 0 spiro atoms. The second-order valence-corrected chi connectivity index (χ2v) is 9.06. The number of hydrogen-bond donors (Lipinski definition) is 1. The molecule has 42 heavy (non-hydrogen) atoms. The highest BCUT2D eigenvalue weighted by Gasteiger charge is 2.30. The SMILES string of the molecule is COCCOCCOCCOCCN(Cc1cc(-c2cc(-c3cccc(C(F)(F)F)c3)ccc2OC)ccn1)C(=O)O. The first-order valence-electron chi connectivity index (χ1n) is 13.2. The average Bonchev–Trinajstić information content (AvgIpc) is 2.98. The van der Waals surface area contributed by atoms with Crippen LogP contribution in [0.3, 0.4) is 0 Å². The second kappa shape index (κ2) is 16.7. The third-order valence-electron chi connectivity index (χ3n) is 6.16. The molecule has 9 nitrogen and oxygen atoms in total. The molecule has 0 saturated heterocycles. The largest absolute Gasteiger partial charge is 0.496 e. The summed E-state index contributed by atoms with van der Waals surface area (Å²) in [6.45, 7) is 2.85. The van der Waals surface area contributed by atoms with Gasteiger partial charge in [-0.3, -0.25) is 4.98 Å². The fourth-order valence-corrected chi connectivity index (χ4v) is 4.02. The van der Waals surface area contributed by atoms with Crippen LogP contribution in [-0.2, 0) is 31.7 Å². The first kappa shape index (κ1) is 32.8. The summed E-state index contributed by atoms with van der Waals surface area (Å²) >= 11 is 0. The third kappa shape index (κ3) is 10.3. The van der Waals surface area contributed by atoms with Crippen molar-refractivity contribution in [2.24, 2.45) is 0 Å². The van der Waals surface area contributed by atoms with Crippen LogP contribution in [-0.4, -0.2) is 88.1 Å². The van der Waals surface area contributed by atoms with Crippen LogP contribution in [0.15, 0.2) is 60.8 Å². The van der Waals surface area contributed by atoms with Crippen molar-refractivity contribution >= 4 is 6.09 Å². The summed E-state index contributed by atoms with van der Waals surface area (Å²) < 4.78 is 66.4. The number of carbonyl (C=O) groups is 1. The number of halogens is 3. The van der Waals surface area contributed by atoms with E-state index in [4.69, 9.17) is 23.7 Å². The fraction of sp³-hybridized carbons (Fsp3) is 0.400. The predicted molar refractivity (Wildman–Crippen MR) is 149 cm³/mol. The number of hydrogen-bond acceptors (Lipinski definition) is 7. The lowest BCUT2D eigenvalue weighted by Gasteiger charge is -2.19. The van der Waals surface area contributed by atoms with E-state index in [0.29, 0.717) is 73.3 Å². The molecular weight excluding hydrogens is 557 g/mol. The van der Waals surface area contributed by atoms with Gasteiger partial charge in [0.2, 0.25) is 0 Å². The molecule has 0 radical (unpaired) electrons. The molecule has 0 bridgehead atoms. The van der Waals surface area contributed by atoms with Crippen molar-refractivity contribution in [2.45, 2.75) is 12.7 Å². The number of nitrogens with zero attached hydrogens (tertiary/aromatic N) is 2. The van der Waals surface area contributed by atoms with Crippen molar-refractivity contribution in [3.05, 3.63) is 72.1 Å². The Morgan fingerprint density at radius 1 is 0.833 bits per heavy atom. The van der Waals surface area contributed by atoms with E-state index in [0.717, 1.165) is 12.1 Å². The average molecular weight is 593 g/mol. The molecule has 1 amide bonds. The first-order valence-corrected chi connectivity index (χ1v) is 13.2. The van der Waals surface area contributed by atoms with Gasteiger partial charge in [0.1, 0.15) is 5.75 Å². The van der Waals surface area contributed by atoms with Crippen molar-refractivity contribution < 1.29 is 46.8 Å². The van der Waals surface area contributed by atoms with Crippen LogP contribution in [0.1, 0.15) is 11.3 Å². The van der Waals surface area contributed by atoms with Crippen LogP contribution in [0.25, 0.3) is 22.3 Å². The van der Waals surface area contributed by atoms with Gasteiger partial charge in [0.05, 0.1) is 71.2 Å². The van der Waals surface area contributed by atoms with Gasteiger partial charge in [-0.15, -0.1) is 0 Å². The highest BCUT2D eigenvalue weighted by atomic mass is 19.4. The van der Waals surface area contributed by atoms with Gasteiger partial charge in [-0.05, 0) is 53.1 Å². The Bertz CT molecular complexity index is 1270. The molecule has 1 aromatic heterocycles. The van der Waals surface area contributed by atoms with Gasteiger partial charge < -0.3 is 33.7 Å². The van der Waals surface area contributed by atoms with Gasteiger partial charge in [-0.25, -0.2) is 4.79 Å². The molecule has 12 heteroatoms. The lowest BCUT2D eigenvalue weighted by Crippen LogP contribution is -2.32. The third-order valence-corrected chi connectivity index (χ3v) is 6.16. The van der Waals surface area contributed by atoms with E-state index in [1.54, 1.807) is 49.7 Å². The molecule has 0 fully saturated rings. The van der Waals surface area contributed by atoms with Crippen LogP contribution in [0.4, 0.5) is 18.0 Å². The highest BCUT2D eigenvalue weighted by Crippen LogP contribution is 2.36. The lowest BCUT2D eigenvalue weighted by molar-refractivity contribution is -0.137. The molecule has 2 aromatic carbocycles. The maximum absolute atomic E-state index is 13.3. The number of aromatic nitrogens is 1. The molecule has 0 aliphatic heterocycles. The van der Waals surface area contributed by atoms with Crippen LogP contribution in [0.2, 0.25) is 0 Å². The summed E-state index contributed by atoms with van der Waals surface area (Å²) in [6, 6.07) is 13.7. The van der Waals surface area contributed by atoms with Crippen molar-refractivity contribution in [1.82, 2.24) is 9.88 Å². The summed E-state index contributed by atoms with van der Waals surface area (Å²) in [5.74, 6) is 0.509. The Morgan fingerprint density at radius 3 is 2.14 bits per heavy atom. The van der Waals surface area contributed by atoms with Crippen molar-refractivity contribution in [1.29, 1.82) is 0 Å². The summed E-state index contributed by atoms with van der Waals surface area (Å²) in [7, 11) is 3.10. The molecule has 0 aliphatic rings. The Kier molecular flexibility index (Phi) is 13.0. The van der Waals surface area contributed by atoms with Gasteiger partial charge in [0.25, 0.3) is 0 Å². The monoisotopic (exact) mass is 592 g/mol. The van der Waals surface area contributed by atoms with Gasteiger partial charge in [0, 0.05) is 25.4 Å². The van der Waals surface area contributed by atoms with Gasteiger partial charge in [0.15, 0.2) is 0 Å². The topological polar surface area (TPSA) is 99.6 Å². The standard InChI is InChI=1S/C30H35F3N2O7/c1-38-12-13-41-16-17-42-15-14-40-11-10-35(29(36)37)21-26-19-24(8-9-34-26)27-20-23(6-7-28(27)39-2)22-4-3-5-25(18-22)30(31,32)33/h3-9,18-20H,10-17,21H2,1-2H3,(H,36,37). The van der Waals surface area contributed by atoms with Crippen LogP contribution < -0.4 is 4.74 Å². The fourth-order valence-electron chi connectivity index (χ4n) is 4.02. The van der Waals surface area contributed by atoms with Crippen LogP contribution in [0, 0.1) is 0 Å². The molecular formula is C30H35F3N2O7. The molecule has 0 unspecified atom stereocenters. The first-order chi connectivity index (χ1) is 20.2. The smallest absolute Gasteiger partial charge is 0.416 e. The van der Waals surface area contributed by atoms with E-state index in [2.05, 4.69) is 4.98 Å². The van der Waals surface area contributed by atoms with Crippen LogP contribution >= 0.6 is 0 Å². The summed E-state index contributed by atoms with van der Waals surface area (Å²) in [5, 5.41) is 9.70. The van der Waals surface area contributed by atoms with Crippen molar-refractivity contribution in [2.75, 3.05) is 67.0 Å². The molecule has 0 aliphatic carbocycles. The molecule has 3 aromatic rings. The van der Waals surface area contributed by atoms with E-state index in [9.17, 15) is 23.1 Å². The molecule has 1 heterocycles. The summed E-state index contributed by atoms with van der Waals surface area (Å²) in [5.41, 5.74) is 2.03. The molecule has 3 rings (SSSR count). The van der Waals surface area contributed by atoms with Crippen molar-refractivity contribution in [3.63, 3.8) is 0 Å². The number of amides is 1. The zero-order valence-corrected chi connectivity index (χ0v) is 23.6.